The lowest BCUT2D eigenvalue weighted by molar-refractivity contribution is 0.0757. The van der Waals surface area contributed by atoms with Crippen molar-refractivity contribution in [3.05, 3.63) is 29.3 Å². The van der Waals surface area contributed by atoms with Crippen LogP contribution in [0.5, 0.6) is 5.75 Å². The molecule has 0 spiro atoms. The summed E-state index contributed by atoms with van der Waals surface area (Å²) in [4.78, 5) is 0. The predicted molar refractivity (Wildman–Crippen MR) is 90.3 cm³/mol. The monoisotopic (exact) mass is 292 g/mol. The molecule has 1 rings (SSSR count). The molecule has 2 nitrogen and oxygen atoms in total. The molecule has 0 atom stereocenters. The molecule has 0 unspecified atom stereocenters. The molecule has 2 heteroatoms. The van der Waals surface area contributed by atoms with E-state index in [1.54, 1.807) is 7.11 Å². The minimum absolute atomic E-state index is 0.355. The van der Waals surface area contributed by atoms with Crippen molar-refractivity contribution in [2.24, 2.45) is 0 Å². The van der Waals surface area contributed by atoms with Crippen LogP contribution < -0.4 is 4.74 Å². The number of hydrogen-bond donors (Lipinski definition) is 0. The topological polar surface area (TPSA) is 18.5 Å². The zero-order chi connectivity index (χ0) is 15.7. The lowest BCUT2D eigenvalue weighted by Crippen LogP contribution is -2.03. The van der Waals surface area contributed by atoms with Crippen LogP contribution in [0, 0.1) is 0 Å². The second-order valence-electron chi connectivity index (χ2n) is 6.31. The van der Waals surface area contributed by atoms with Crippen LogP contribution in [0.1, 0.15) is 70.4 Å². The molecule has 0 bridgehead atoms. The van der Waals surface area contributed by atoms with Crippen LogP contribution in [0.25, 0.3) is 0 Å². The van der Waals surface area contributed by atoms with Crippen molar-refractivity contribution in [3.8, 4) is 5.75 Å². The largest absolute Gasteiger partial charge is 0.496 e. The molecule has 0 aliphatic rings. The van der Waals surface area contributed by atoms with E-state index in [0.717, 1.165) is 18.8 Å². The Balaban J connectivity index is 2.35. The van der Waals surface area contributed by atoms with Gasteiger partial charge in [0.15, 0.2) is 0 Å². The molecule has 0 heterocycles. The van der Waals surface area contributed by atoms with Crippen molar-refractivity contribution >= 4 is 0 Å². The smallest absolute Gasteiger partial charge is 0.122 e. The van der Waals surface area contributed by atoms with Gasteiger partial charge in [0.25, 0.3) is 0 Å². The van der Waals surface area contributed by atoms with Crippen LogP contribution >= 0.6 is 0 Å². The summed E-state index contributed by atoms with van der Waals surface area (Å²) < 4.78 is 11.0. The third-order valence-corrected chi connectivity index (χ3v) is 3.76. The number of rotatable bonds is 10. The van der Waals surface area contributed by atoms with E-state index in [4.69, 9.17) is 9.47 Å². The van der Waals surface area contributed by atoms with Crippen LogP contribution in [0.3, 0.4) is 0 Å². The minimum Gasteiger partial charge on any atom is -0.496 e. The third kappa shape index (κ3) is 6.99. The summed E-state index contributed by atoms with van der Waals surface area (Å²) in [7, 11) is 1.76. The first-order chi connectivity index (χ1) is 10.0. The second-order valence-corrected chi connectivity index (χ2v) is 6.31. The molecule has 120 valence electrons. The predicted octanol–water partition coefficient (Wildman–Crippen LogP) is 5.35. The lowest BCUT2D eigenvalue weighted by Gasteiger charge is -2.13. The quantitative estimate of drug-likeness (QED) is 0.541. The summed E-state index contributed by atoms with van der Waals surface area (Å²) in [6.45, 7) is 9.55. The number of hydrogen-bond acceptors (Lipinski definition) is 2. The van der Waals surface area contributed by atoms with Crippen molar-refractivity contribution in [1.82, 2.24) is 0 Å². The molecule has 0 aliphatic heterocycles. The maximum absolute atomic E-state index is 5.57. The first kappa shape index (κ1) is 18.0. The number of ether oxygens (including phenoxy) is 2. The van der Waals surface area contributed by atoms with Crippen LogP contribution in [-0.4, -0.2) is 19.8 Å². The Kier molecular flexibility index (Phi) is 8.44. The fraction of sp³-hybridized carbons (Fsp3) is 0.684. The van der Waals surface area contributed by atoms with Crippen molar-refractivity contribution in [2.45, 2.75) is 71.8 Å². The summed E-state index contributed by atoms with van der Waals surface area (Å²) in [6, 6.07) is 6.60. The van der Waals surface area contributed by atoms with Gasteiger partial charge >= 0.3 is 0 Å². The van der Waals surface area contributed by atoms with E-state index in [1.165, 1.54) is 36.8 Å². The van der Waals surface area contributed by atoms with E-state index >= 15 is 0 Å². The van der Waals surface area contributed by atoms with E-state index in [-0.39, 0.29) is 0 Å². The lowest BCUT2D eigenvalue weighted by atomic mass is 9.97. The Labute approximate surface area is 130 Å². The summed E-state index contributed by atoms with van der Waals surface area (Å²) in [5.41, 5.74) is 2.75. The van der Waals surface area contributed by atoms with Crippen LogP contribution in [-0.2, 0) is 11.2 Å². The van der Waals surface area contributed by atoms with Gasteiger partial charge in [-0.3, -0.25) is 0 Å². The van der Waals surface area contributed by atoms with Gasteiger partial charge in [-0.1, -0.05) is 38.8 Å². The first-order valence-corrected chi connectivity index (χ1v) is 8.33. The van der Waals surface area contributed by atoms with Gasteiger partial charge in [-0.05, 0) is 56.2 Å². The van der Waals surface area contributed by atoms with Gasteiger partial charge in [0.2, 0.25) is 0 Å². The van der Waals surface area contributed by atoms with E-state index in [1.807, 2.05) is 0 Å². The zero-order valence-corrected chi connectivity index (χ0v) is 14.4. The molecule has 0 aliphatic carbocycles. The maximum Gasteiger partial charge on any atom is 0.122 e. The Morgan fingerprint density at radius 2 is 1.67 bits per heavy atom. The van der Waals surface area contributed by atoms with Crippen molar-refractivity contribution < 1.29 is 9.47 Å². The van der Waals surface area contributed by atoms with Gasteiger partial charge in [-0.2, -0.15) is 0 Å². The van der Waals surface area contributed by atoms with Gasteiger partial charge in [-0.15, -0.1) is 0 Å². The fourth-order valence-electron chi connectivity index (χ4n) is 2.44. The molecule has 0 aromatic heterocycles. The van der Waals surface area contributed by atoms with Gasteiger partial charge in [-0.25, -0.2) is 0 Å². The van der Waals surface area contributed by atoms with Crippen molar-refractivity contribution in [2.75, 3.05) is 13.7 Å². The maximum atomic E-state index is 5.57. The first-order valence-electron chi connectivity index (χ1n) is 8.33. The van der Waals surface area contributed by atoms with Crippen LogP contribution in [0.15, 0.2) is 18.2 Å². The van der Waals surface area contributed by atoms with E-state index in [2.05, 4.69) is 45.9 Å². The molecule has 1 aromatic carbocycles. The Morgan fingerprint density at radius 3 is 2.29 bits per heavy atom. The number of aryl methyl sites for hydroxylation is 1. The summed E-state index contributed by atoms with van der Waals surface area (Å²) in [5.74, 6) is 1.60. The average Bonchev–Trinajstić information content (AvgIpc) is 2.45. The number of unbranched alkanes of at least 4 members (excludes halogenated alkanes) is 3. The van der Waals surface area contributed by atoms with Gasteiger partial charge in [0.05, 0.1) is 13.2 Å². The molecule has 0 radical (unpaired) electrons. The molecule has 0 saturated heterocycles. The van der Waals surface area contributed by atoms with Crippen molar-refractivity contribution in [1.29, 1.82) is 0 Å². The van der Waals surface area contributed by atoms with Gasteiger partial charge in [0, 0.05) is 6.61 Å². The van der Waals surface area contributed by atoms with Gasteiger partial charge < -0.3 is 9.47 Å². The molecule has 0 N–H and O–H groups in total. The summed E-state index contributed by atoms with van der Waals surface area (Å²) in [6.07, 6.45) is 6.36. The molecular weight excluding hydrogens is 260 g/mol. The second kappa shape index (κ2) is 9.83. The highest BCUT2D eigenvalue weighted by Crippen LogP contribution is 2.25. The van der Waals surface area contributed by atoms with Crippen LogP contribution in [0.2, 0.25) is 0 Å². The Hall–Kier alpha value is -1.02. The van der Waals surface area contributed by atoms with E-state index in [0.29, 0.717) is 12.0 Å². The molecule has 21 heavy (non-hydrogen) atoms. The van der Waals surface area contributed by atoms with E-state index in [9.17, 15) is 0 Å². The highest BCUT2D eigenvalue weighted by atomic mass is 16.5. The summed E-state index contributed by atoms with van der Waals surface area (Å²) >= 11 is 0. The molecule has 0 fully saturated rings. The SMILES string of the molecule is COc1ccc(C(C)C)cc1CCCCCCOC(C)C. The highest BCUT2D eigenvalue weighted by molar-refractivity contribution is 5.38. The normalized spacial score (nSPS) is 11.4. The molecular formula is C19H32O2. The van der Waals surface area contributed by atoms with Crippen molar-refractivity contribution in [3.63, 3.8) is 0 Å². The van der Waals surface area contributed by atoms with E-state index < -0.39 is 0 Å². The fourth-order valence-corrected chi connectivity index (χ4v) is 2.44. The average molecular weight is 292 g/mol. The Bertz CT molecular complexity index is 397. The van der Waals surface area contributed by atoms with Crippen LogP contribution in [0.4, 0.5) is 0 Å². The summed E-state index contributed by atoms with van der Waals surface area (Å²) in [5, 5.41) is 0. The number of methoxy groups -OCH3 is 1. The minimum atomic E-state index is 0.355. The molecule has 0 amide bonds. The molecule has 0 saturated carbocycles. The zero-order valence-electron chi connectivity index (χ0n) is 14.4. The van der Waals surface area contributed by atoms with Gasteiger partial charge in [0.1, 0.15) is 5.75 Å². The molecule has 1 aromatic rings. The third-order valence-electron chi connectivity index (χ3n) is 3.76. The standard InChI is InChI=1S/C19H32O2/c1-15(2)17-11-12-19(20-5)18(14-17)10-8-6-7-9-13-21-16(3)4/h11-12,14-16H,6-10,13H2,1-5H3. The number of benzene rings is 1. The Morgan fingerprint density at radius 1 is 0.952 bits per heavy atom. The highest BCUT2D eigenvalue weighted by Gasteiger charge is 2.06.